The standard InChI is InChI=1S/C15H18N4O3/c1-9-5-6-11(13(16-9)21-4)14(20)19-7-8-22-15-12(19)10(2)17-18(15)3/h5-6H,7-8H2,1-4H3. The van der Waals surface area contributed by atoms with Gasteiger partial charge in [0, 0.05) is 12.7 Å². The van der Waals surface area contributed by atoms with E-state index in [9.17, 15) is 4.79 Å². The molecule has 2 aromatic heterocycles. The van der Waals surface area contributed by atoms with Gasteiger partial charge in [-0.2, -0.15) is 5.10 Å². The van der Waals surface area contributed by atoms with Crippen LogP contribution in [0.1, 0.15) is 21.7 Å². The van der Waals surface area contributed by atoms with Gasteiger partial charge < -0.3 is 9.47 Å². The first kappa shape index (κ1) is 14.4. The van der Waals surface area contributed by atoms with Crippen molar-refractivity contribution in [2.24, 2.45) is 7.05 Å². The van der Waals surface area contributed by atoms with Gasteiger partial charge in [0.15, 0.2) is 0 Å². The Morgan fingerprint density at radius 3 is 2.86 bits per heavy atom. The average molecular weight is 302 g/mol. The Balaban J connectivity index is 2.05. The van der Waals surface area contributed by atoms with Crippen LogP contribution in [0.5, 0.6) is 11.8 Å². The SMILES string of the molecule is COc1nc(C)ccc1C(=O)N1CCOc2c1c(C)nn2C. The van der Waals surface area contributed by atoms with Crippen molar-refractivity contribution in [3.05, 3.63) is 29.1 Å². The van der Waals surface area contributed by atoms with Crippen LogP contribution in [0.25, 0.3) is 0 Å². The van der Waals surface area contributed by atoms with Crippen LogP contribution in [-0.2, 0) is 7.05 Å². The van der Waals surface area contributed by atoms with Gasteiger partial charge in [-0.15, -0.1) is 0 Å². The minimum absolute atomic E-state index is 0.162. The molecular weight excluding hydrogens is 284 g/mol. The summed E-state index contributed by atoms with van der Waals surface area (Å²) in [5.41, 5.74) is 2.70. The Labute approximate surface area is 128 Å². The summed E-state index contributed by atoms with van der Waals surface area (Å²) in [6.07, 6.45) is 0. The zero-order chi connectivity index (χ0) is 15.9. The van der Waals surface area contributed by atoms with E-state index in [4.69, 9.17) is 9.47 Å². The number of hydrogen-bond acceptors (Lipinski definition) is 5. The molecule has 7 heteroatoms. The molecule has 0 aromatic carbocycles. The van der Waals surface area contributed by atoms with Crippen molar-refractivity contribution >= 4 is 11.6 Å². The molecule has 3 rings (SSSR count). The van der Waals surface area contributed by atoms with Gasteiger partial charge in [0.2, 0.25) is 11.8 Å². The number of nitrogens with zero attached hydrogens (tertiary/aromatic N) is 4. The zero-order valence-electron chi connectivity index (χ0n) is 13.1. The van der Waals surface area contributed by atoms with Crippen LogP contribution in [0.3, 0.4) is 0 Å². The number of anilines is 1. The van der Waals surface area contributed by atoms with Crippen molar-refractivity contribution in [3.63, 3.8) is 0 Å². The van der Waals surface area contributed by atoms with Crippen LogP contribution >= 0.6 is 0 Å². The van der Waals surface area contributed by atoms with E-state index in [1.54, 1.807) is 28.8 Å². The van der Waals surface area contributed by atoms with Crippen molar-refractivity contribution in [1.82, 2.24) is 14.8 Å². The summed E-state index contributed by atoms with van der Waals surface area (Å²) in [7, 11) is 3.31. The van der Waals surface area contributed by atoms with E-state index in [0.717, 1.165) is 11.4 Å². The molecule has 0 bridgehead atoms. The van der Waals surface area contributed by atoms with Crippen molar-refractivity contribution in [3.8, 4) is 11.8 Å². The fourth-order valence-corrected chi connectivity index (χ4v) is 2.64. The molecule has 0 radical (unpaired) electrons. The Kier molecular flexibility index (Phi) is 3.48. The van der Waals surface area contributed by atoms with Crippen LogP contribution in [-0.4, -0.2) is 40.9 Å². The quantitative estimate of drug-likeness (QED) is 0.840. The normalized spacial score (nSPS) is 13.5. The van der Waals surface area contributed by atoms with Crippen LogP contribution in [0, 0.1) is 13.8 Å². The minimum Gasteiger partial charge on any atom is -0.480 e. The van der Waals surface area contributed by atoms with Gasteiger partial charge >= 0.3 is 0 Å². The summed E-state index contributed by atoms with van der Waals surface area (Å²) in [4.78, 5) is 18.9. The molecule has 0 N–H and O–H groups in total. The number of hydrogen-bond donors (Lipinski definition) is 0. The number of ether oxygens (including phenoxy) is 2. The molecule has 0 spiro atoms. The predicted octanol–water partition coefficient (Wildman–Crippen LogP) is 1.48. The molecular formula is C15H18N4O3. The van der Waals surface area contributed by atoms with Crippen LogP contribution < -0.4 is 14.4 Å². The lowest BCUT2D eigenvalue weighted by molar-refractivity contribution is 0.0971. The molecule has 0 saturated heterocycles. The Hall–Kier alpha value is -2.57. The van der Waals surface area contributed by atoms with E-state index in [0.29, 0.717) is 36.2 Å². The molecule has 3 heterocycles. The highest BCUT2D eigenvalue weighted by atomic mass is 16.5. The number of amides is 1. The lowest BCUT2D eigenvalue weighted by Gasteiger charge is -2.28. The molecule has 1 amide bonds. The van der Waals surface area contributed by atoms with E-state index in [-0.39, 0.29) is 5.91 Å². The van der Waals surface area contributed by atoms with E-state index in [1.807, 2.05) is 13.8 Å². The number of aromatic nitrogens is 3. The third-order valence-electron chi connectivity index (χ3n) is 3.63. The Morgan fingerprint density at radius 2 is 2.14 bits per heavy atom. The first-order valence-corrected chi connectivity index (χ1v) is 7.03. The Bertz CT molecular complexity index is 739. The first-order chi connectivity index (χ1) is 10.5. The summed E-state index contributed by atoms with van der Waals surface area (Å²) < 4.78 is 12.5. The number of fused-ring (bicyclic) bond motifs is 1. The summed E-state index contributed by atoms with van der Waals surface area (Å²) in [5, 5.41) is 4.33. The highest BCUT2D eigenvalue weighted by molar-refractivity contribution is 6.08. The van der Waals surface area contributed by atoms with E-state index in [2.05, 4.69) is 10.1 Å². The molecule has 2 aromatic rings. The van der Waals surface area contributed by atoms with Gasteiger partial charge in [-0.25, -0.2) is 9.67 Å². The second-order valence-corrected chi connectivity index (χ2v) is 5.18. The second kappa shape index (κ2) is 5.32. The lowest BCUT2D eigenvalue weighted by atomic mass is 10.2. The smallest absolute Gasteiger partial charge is 0.264 e. The van der Waals surface area contributed by atoms with Gasteiger partial charge in [0.1, 0.15) is 17.9 Å². The van der Waals surface area contributed by atoms with Gasteiger partial charge in [0.05, 0.1) is 19.3 Å². The van der Waals surface area contributed by atoms with Gasteiger partial charge in [-0.1, -0.05) is 0 Å². The third-order valence-corrected chi connectivity index (χ3v) is 3.63. The average Bonchev–Trinajstić information content (AvgIpc) is 2.81. The van der Waals surface area contributed by atoms with Gasteiger partial charge in [0.25, 0.3) is 5.91 Å². The molecule has 0 saturated carbocycles. The van der Waals surface area contributed by atoms with Crippen molar-refractivity contribution in [2.75, 3.05) is 25.2 Å². The molecule has 0 aliphatic carbocycles. The number of carbonyl (C=O) groups excluding carboxylic acids is 1. The van der Waals surface area contributed by atoms with Crippen LogP contribution in [0.15, 0.2) is 12.1 Å². The predicted molar refractivity (Wildman–Crippen MR) is 80.6 cm³/mol. The van der Waals surface area contributed by atoms with Crippen LogP contribution in [0.4, 0.5) is 5.69 Å². The summed E-state index contributed by atoms with van der Waals surface area (Å²) in [6, 6.07) is 3.54. The summed E-state index contributed by atoms with van der Waals surface area (Å²) >= 11 is 0. The number of carbonyl (C=O) groups is 1. The number of methoxy groups -OCH3 is 1. The van der Waals surface area contributed by atoms with Crippen molar-refractivity contribution < 1.29 is 14.3 Å². The molecule has 0 atom stereocenters. The highest BCUT2D eigenvalue weighted by Gasteiger charge is 2.31. The van der Waals surface area contributed by atoms with Crippen LogP contribution in [0.2, 0.25) is 0 Å². The number of aryl methyl sites for hydroxylation is 3. The molecule has 0 fully saturated rings. The molecule has 1 aliphatic rings. The van der Waals surface area contributed by atoms with E-state index < -0.39 is 0 Å². The Morgan fingerprint density at radius 1 is 1.36 bits per heavy atom. The molecule has 7 nitrogen and oxygen atoms in total. The minimum atomic E-state index is -0.162. The topological polar surface area (TPSA) is 69.5 Å². The highest BCUT2D eigenvalue weighted by Crippen LogP contribution is 2.35. The van der Waals surface area contributed by atoms with Gasteiger partial charge in [-0.05, 0) is 26.0 Å². The third kappa shape index (κ3) is 2.18. The fraction of sp³-hybridized carbons (Fsp3) is 0.400. The summed E-state index contributed by atoms with van der Waals surface area (Å²) in [5.74, 6) is 0.778. The van der Waals surface area contributed by atoms with Crippen molar-refractivity contribution in [2.45, 2.75) is 13.8 Å². The number of rotatable bonds is 2. The maximum Gasteiger partial charge on any atom is 0.264 e. The lowest BCUT2D eigenvalue weighted by Crippen LogP contribution is -2.38. The monoisotopic (exact) mass is 302 g/mol. The molecule has 22 heavy (non-hydrogen) atoms. The van der Waals surface area contributed by atoms with E-state index in [1.165, 1.54) is 7.11 Å². The van der Waals surface area contributed by atoms with Crippen molar-refractivity contribution in [1.29, 1.82) is 0 Å². The molecule has 0 unspecified atom stereocenters. The second-order valence-electron chi connectivity index (χ2n) is 5.18. The largest absolute Gasteiger partial charge is 0.480 e. The maximum absolute atomic E-state index is 12.9. The maximum atomic E-state index is 12.9. The number of pyridine rings is 1. The summed E-state index contributed by atoms with van der Waals surface area (Å²) in [6.45, 7) is 4.61. The first-order valence-electron chi connectivity index (χ1n) is 7.03. The molecule has 116 valence electrons. The van der Waals surface area contributed by atoms with Gasteiger partial charge in [-0.3, -0.25) is 9.69 Å². The zero-order valence-corrected chi connectivity index (χ0v) is 13.1. The van der Waals surface area contributed by atoms with E-state index >= 15 is 0 Å². The molecule has 1 aliphatic heterocycles. The fourth-order valence-electron chi connectivity index (χ4n) is 2.64.